The number of carbonyl (C=O) groups excluding carboxylic acids is 1. The van der Waals surface area contributed by atoms with E-state index in [-0.39, 0.29) is 33.4 Å². The molecule has 1 saturated heterocycles. The van der Waals surface area contributed by atoms with Gasteiger partial charge in [0.25, 0.3) is 5.91 Å². The Hall–Kier alpha value is -2.23. The number of nitrogens with zero attached hydrogens (tertiary/aromatic N) is 1. The molecule has 35 heavy (non-hydrogen) atoms. The highest BCUT2D eigenvalue weighted by Gasteiger charge is 2.53. The number of morpholine rings is 1. The molecule has 2 N–H and O–H groups in total. The van der Waals surface area contributed by atoms with E-state index in [1.807, 2.05) is 0 Å². The van der Waals surface area contributed by atoms with E-state index in [0.717, 1.165) is 17.8 Å². The van der Waals surface area contributed by atoms with Gasteiger partial charge in [0.15, 0.2) is 0 Å². The van der Waals surface area contributed by atoms with Crippen molar-refractivity contribution in [2.75, 3.05) is 26.3 Å². The number of sulfonamides is 1. The van der Waals surface area contributed by atoms with Crippen molar-refractivity contribution >= 4 is 26.8 Å². The van der Waals surface area contributed by atoms with Crippen LogP contribution in [0, 0.1) is 23.2 Å². The lowest BCUT2D eigenvalue weighted by Gasteiger charge is -2.59. The molecular weight excluding hydrogens is 466 g/mol. The maximum atomic E-state index is 13.5. The van der Waals surface area contributed by atoms with E-state index in [0.29, 0.717) is 37.2 Å². The normalized spacial score (nSPS) is 31.5. The van der Waals surface area contributed by atoms with Gasteiger partial charge < -0.3 is 15.0 Å². The molecule has 0 spiro atoms. The average Bonchev–Trinajstić information content (AvgIpc) is 2.82. The molecule has 1 aliphatic heterocycles. The van der Waals surface area contributed by atoms with Crippen LogP contribution in [0.3, 0.4) is 0 Å². The van der Waals surface area contributed by atoms with Gasteiger partial charge in [-0.1, -0.05) is 0 Å². The number of benzene rings is 1. The van der Waals surface area contributed by atoms with Crippen LogP contribution in [0.15, 0.2) is 34.0 Å². The van der Waals surface area contributed by atoms with Gasteiger partial charge in [-0.25, -0.2) is 8.42 Å². The van der Waals surface area contributed by atoms with E-state index in [4.69, 9.17) is 4.74 Å². The lowest BCUT2D eigenvalue weighted by Crippen LogP contribution is -2.55. The first-order valence-electron chi connectivity index (χ1n) is 12.8. The van der Waals surface area contributed by atoms with Crippen molar-refractivity contribution in [1.82, 2.24) is 14.6 Å². The maximum absolute atomic E-state index is 13.5. The zero-order valence-corrected chi connectivity index (χ0v) is 20.9. The zero-order chi connectivity index (χ0) is 24.4. The molecular formula is C26H33N3O5S. The molecule has 4 bridgehead atoms. The van der Waals surface area contributed by atoms with Crippen LogP contribution >= 0.6 is 0 Å². The monoisotopic (exact) mass is 499 g/mol. The molecule has 1 amide bonds. The second-order valence-electron chi connectivity index (χ2n) is 11.2. The SMILES string of the molecule is C[C@@H](NC(=O)c1cc(=O)[nH]c2ccc(S(=O)(=O)N3CCOCC3)cc12)C12CC3CC(CC(C3)C1)C2. The van der Waals surface area contributed by atoms with Crippen LogP contribution in [0.4, 0.5) is 0 Å². The summed E-state index contributed by atoms with van der Waals surface area (Å²) in [5.74, 6) is 2.00. The third-order valence-corrected chi connectivity index (χ3v) is 10.9. The van der Waals surface area contributed by atoms with Crippen molar-refractivity contribution in [3.63, 3.8) is 0 Å². The highest BCUT2D eigenvalue weighted by Crippen LogP contribution is 2.61. The molecule has 1 aromatic heterocycles. The van der Waals surface area contributed by atoms with Gasteiger partial charge in [0.05, 0.1) is 23.7 Å². The van der Waals surface area contributed by atoms with Crippen LogP contribution in [-0.2, 0) is 14.8 Å². The highest BCUT2D eigenvalue weighted by molar-refractivity contribution is 7.89. The molecule has 4 aliphatic carbocycles. The fourth-order valence-corrected chi connectivity index (χ4v) is 9.09. The van der Waals surface area contributed by atoms with Crippen LogP contribution in [0.1, 0.15) is 55.8 Å². The zero-order valence-electron chi connectivity index (χ0n) is 20.1. The largest absolute Gasteiger partial charge is 0.379 e. The van der Waals surface area contributed by atoms with Crippen LogP contribution in [0.25, 0.3) is 10.9 Å². The molecule has 9 heteroatoms. The predicted molar refractivity (Wildman–Crippen MR) is 132 cm³/mol. The lowest BCUT2D eigenvalue weighted by molar-refractivity contribution is -0.0687. The Bertz CT molecular complexity index is 1290. The third kappa shape index (κ3) is 4.01. The number of hydrogen-bond donors (Lipinski definition) is 2. The summed E-state index contributed by atoms with van der Waals surface area (Å²) in [6, 6.07) is 5.86. The molecule has 7 rings (SSSR count). The number of carbonyl (C=O) groups is 1. The minimum atomic E-state index is -3.73. The van der Waals surface area contributed by atoms with Crippen LogP contribution in [0.2, 0.25) is 0 Å². The highest BCUT2D eigenvalue weighted by atomic mass is 32.2. The smallest absolute Gasteiger partial charge is 0.252 e. The summed E-state index contributed by atoms with van der Waals surface area (Å²) >= 11 is 0. The van der Waals surface area contributed by atoms with Gasteiger partial charge in [0, 0.05) is 36.1 Å². The molecule has 8 nitrogen and oxygen atoms in total. The Labute approximate surface area is 205 Å². The van der Waals surface area contributed by atoms with E-state index in [2.05, 4.69) is 17.2 Å². The number of fused-ring (bicyclic) bond motifs is 1. The van der Waals surface area contributed by atoms with Crippen molar-refractivity contribution < 1.29 is 17.9 Å². The van der Waals surface area contributed by atoms with Crippen LogP contribution < -0.4 is 10.9 Å². The van der Waals surface area contributed by atoms with E-state index in [1.165, 1.54) is 61.0 Å². The van der Waals surface area contributed by atoms with Gasteiger partial charge in [-0.3, -0.25) is 9.59 Å². The van der Waals surface area contributed by atoms with Gasteiger partial charge in [0.1, 0.15) is 0 Å². The number of H-pyrrole nitrogens is 1. The molecule has 2 heterocycles. The van der Waals surface area contributed by atoms with E-state index in [9.17, 15) is 18.0 Å². The number of amides is 1. The van der Waals surface area contributed by atoms with Gasteiger partial charge >= 0.3 is 0 Å². The maximum Gasteiger partial charge on any atom is 0.252 e. The molecule has 1 atom stereocenters. The van der Waals surface area contributed by atoms with Gasteiger partial charge in [-0.15, -0.1) is 0 Å². The Balaban J connectivity index is 1.31. The summed E-state index contributed by atoms with van der Waals surface area (Å²) in [6.45, 7) is 3.41. The number of pyridine rings is 1. The number of nitrogens with one attached hydrogen (secondary N) is 2. The number of rotatable bonds is 5. The van der Waals surface area contributed by atoms with E-state index < -0.39 is 10.0 Å². The Kier molecular flexibility index (Phi) is 5.58. The molecule has 5 aliphatic rings. The molecule has 5 fully saturated rings. The van der Waals surface area contributed by atoms with Crippen molar-refractivity contribution in [1.29, 1.82) is 0 Å². The first-order valence-corrected chi connectivity index (χ1v) is 14.2. The topological polar surface area (TPSA) is 109 Å². The Morgan fingerprint density at radius 1 is 1.09 bits per heavy atom. The lowest BCUT2D eigenvalue weighted by atomic mass is 9.48. The molecule has 1 aromatic carbocycles. The third-order valence-electron chi connectivity index (χ3n) is 9.02. The standard InChI is InChI=1S/C26H33N3O5S/c1-16(26-13-17-8-18(14-26)10-19(9-17)15-26)27-25(31)22-12-24(30)28-23-3-2-20(11-21(22)23)35(32,33)29-4-6-34-7-5-29/h2-3,11-12,16-19H,4-10,13-15H2,1H3,(H,27,31)(H,28,30)/t16-,17?,18?,19?,26?/m1/s1. The second-order valence-corrected chi connectivity index (χ2v) is 13.2. The second kappa shape index (κ2) is 8.42. The average molecular weight is 500 g/mol. The Morgan fingerprint density at radius 2 is 1.71 bits per heavy atom. The van der Waals surface area contributed by atoms with E-state index in [1.54, 1.807) is 6.07 Å². The molecule has 188 valence electrons. The summed E-state index contributed by atoms with van der Waals surface area (Å²) in [4.78, 5) is 28.8. The summed E-state index contributed by atoms with van der Waals surface area (Å²) < 4.78 is 33.1. The summed E-state index contributed by atoms with van der Waals surface area (Å²) in [7, 11) is -3.73. The molecule has 0 unspecified atom stereocenters. The fraction of sp³-hybridized carbons (Fsp3) is 0.615. The predicted octanol–water partition coefficient (Wildman–Crippen LogP) is 2.88. The number of aromatic amines is 1. The van der Waals surface area contributed by atoms with Crippen LogP contribution in [-0.4, -0.2) is 56.0 Å². The van der Waals surface area contributed by atoms with Gasteiger partial charge in [-0.05, 0) is 86.8 Å². The van der Waals surface area contributed by atoms with Crippen molar-refractivity contribution in [3.8, 4) is 0 Å². The summed E-state index contributed by atoms with van der Waals surface area (Å²) in [6.07, 6.45) is 7.49. The van der Waals surface area contributed by atoms with Gasteiger partial charge in [0.2, 0.25) is 15.6 Å². The van der Waals surface area contributed by atoms with Crippen LogP contribution in [0.5, 0.6) is 0 Å². The van der Waals surface area contributed by atoms with Gasteiger partial charge in [-0.2, -0.15) is 4.31 Å². The molecule has 2 aromatic rings. The quantitative estimate of drug-likeness (QED) is 0.658. The number of hydrogen-bond acceptors (Lipinski definition) is 5. The summed E-state index contributed by atoms with van der Waals surface area (Å²) in [5.41, 5.74) is 0.422. The minimum absolute atomic E-state index is 0.00185. The first kappa shape index (κ1) is 23.2. The summed E-state index contributed by atoms with van der Waals surface area (Å²) in [5, 5.41) is 3.67. The molecule has 4 saturated carbocycles. The minimum Gasteiger partial charge on any atom is -0.379 e. The van der Waals surface area contributed by atoms with Crippen molar-refractivity contribution in [3.05, 3.63) is 40.2 Å². The number of aromatic nitrogens is 1. The number of ether oxygens (including phenoxy) is 1. The van der Waals surface area contributed by atoms with E-state index >= 15 is 0 Å². The fourth-order valence-electron chi connectivity index (χ4n) is 7.65. The first-order chi connectivity index (χ1) is 16.7. The van der Waals surface area contributed by atoms with Crippen molar-refractivity contribution in [2.45, 2.75) is 56.4 Å². The Morgan fingerprint density at radius 3 is 2.34 bits per heavy atom. The van der Waals surface area contributed by atoms with Crippen molar-refractivity contribution in [2.24, 2.45) is 23.2 Å². The molecule has 0 radical (unpaired) electrons.